The zero-order valence-electron chi connectivity index (χ0n) is 13.0. The van der Waals surface area contributed by atoms with Crippen LogP contribution < -0.4 is 10.6 Å². The van der Waals surface area contributed by atoms with Crippen LogP contribution in [0.4, 0.5) is 5.69 Å². The second-order valence-corrected chi connectivity index (χ2v) is 5.07. The lowest BCUT2D eigenvalue weighted by atomic mass is 10.1. The molecule has 0 fully saturated rings. The van der Waals surface area contributed by atoms with Gasteiger partial charge in [-0.3, -0.25) is 9.48 Å². The molecular formula is C16H22N4O. The molecule has 0 aliphatic rings. The highest BCUT2D eigenvalue weighted by molar-refractivity contribution is 6.03. The number of carbonyl (C=O) groups is 1. The second kappa shape index (κ2) is 6.54. The van der Waals surface area contributed by atoms with Gasteiger partial charge in [-0.25, -0.2) is 0 Å². The lowest BCUT2D eigenvalue weighted by Crippen LogP contribution is -2.17. The van der Waals surface area contributed by atoms with E-state index in [4.69, 9.17) is 0 Å². The fourth-order valence-corrected chi connectivity index (χ4v) is 2.19. The fourth-order valence-electron chi connectivity index (χ4n) is 2.19. The predicted molar refractivity (Wildman–Crippen MR) is 84.5 cm³/mol. The molecule has 0 saturated heterocycles. The molecule has 1 unspecified atom stereocenters. The van der Waals surface area contributed by atoms with Crippen LogP contribution in [0, 0.1) is 6.92 Å². The molecule has 0 saturated carbocycles. The number of amides is 1. The molecule has 1 heterocycles. The molecule has 2 aromatic rings. The maximum Gasteiger partial charge on any atom is 0.273 e. The van der Waals surface area contributed by atoms with E-state index in [1.807, 2.05) is 45.2 Å². The lowest BCUT2D eigenvalue weighted by molar-refractivity contribution is 0.101. The average Bonchev–Trinajstić information content (AvgIpc) is 2.88. The van der Waals surface area contributed by atoms with Crippen molar-refractivity contribution in [2.45, 2.75) is 33.4 Å². The standard InChI is InChI=1S/C16H22N4O/c1-5-20-15(10-11(2)19-20)16(21)18-14-8-6-13(7-9-14)12(3)17-4/h6-10,12,17H,5H2,1-4H3,(H,18,21). The van der Waals surface area contributed by atoms with Crippen LogP contribution in [0.25, 0.3) is 0 Å². The average molecular weight is 286 g/mol. The first-order valence-corrected chi connectivity index (χ1v) is 7.18. The molecule has 5 nitrogen and oxygen atoms in total. The van der Waals surface area contributed by atoms with Crippen molar-refractivity contribution in [3.63, 3.8) is 0 Å². The number of nitrogens with zero attached hydrogens (tertiary/aromatic N) is 2. The molecule has 0 spiro atoms. The van der Waals surface area contributed by atoms with E-state index >= 15 is 0 Å². The molecule has 1 aromatic carbocycles. The molecule has 0 bridgehead atoms. The largest absolute Gasteiger partial charge is 0.321 e. The Hall–Kier alpha value is -2.14. The highest BCUT2D eigenvalue weighted by Gasteiger charge is 2.13. The van der Waals surface area contributed by atoms with Crippen LogP contribution >= 0.6 is 0 Å². The fraction of sp³-hybridized carbons (Fsp3) is 0.375. The van der Waals surface area contributed by atoms with Gasteiger partial charge in [0.2, 0.25) is 0 Å². The summed E-state index contributed by atoms with van der Waals surface area (Å²) in [5.74, 6) is -0.133. The van der Waals surface area contributed by atoms with E-state index in [0.717, 1.165) is 11.4 Å². The summed E-state index contributed by atoms with van der Waals surface area (Å²) in [6.07, 6.45) is 0. The van der Waals surface area contributed by atoms with Crippen LogP contribution in [-0.4, -0.2) is 22.7 Å². The normalized spacial score (nSPS) is 12.2. The molecule has 0 radical (unpaired) electrons. The number of carbonyl (C=O) groups excluding carboxylic acids is 1. The number of aryl methyl sites for hydroxylation is 2. The Bertz CT molecular complexity index is 616. The van der Waals surface area contributed by atoms with Gasteiger partial charge in [-0.05, 0) is 51.6 Å². The van der Waals surface area contributed by atoms with E-state index in [-0.39, 0.29) is 5.91 Å². The van der Waals surface area contributed by atoms with Crippen LogP contribution in [-0.2, 0) is 6.54 Å². The van der Waals surface area contributed by atoms with Gasteiger partial charge < -0.3 is 10.6 Å². The molecular weight excluding hydrogens is 264 g/mol. The van der Waals surface area contributed by atoms with Gasteiger partial charge in [-0.1, -0.05) is 12.1 Å². The second-order valence-electron chi connectivity index (χ2n) is 5.07. The monoisotopic (exact) mass is 286 g/mol. The molecule has 5 heteroatoms. The van der Waals surface area contributed by atoms with E-state index in [1.54, 1.807) is 10.7 Å². The van der Waals surface area contributed by atoms with Crippen molar-refractivity contribution in [1.82, 2.24) is 15.1 Å². The first-order chi connectivity index (χ1) is 10.0. The Morgan fingerprint density at radius 1 is 1.33 bits per heavy atom. The predicted octanol–water partition coefficient (Wildman–Crippen LogP) is 2.74. The third-order valence-corrected chi connectivity index (χ3v) is 3.54. The summed E-state index contributed by atoms with van der Waals surface area (Å²) < 4.78 is 1.71. The number of hydrogen-bond acceptors (Lipinski definition) is 3. The molecule has 2 N–H and O–H groups in total. The summed E-state index contributed by atoms with van der Waals surface area (Å²) in [7, 11) is 1.93. The van der Waals surface area contributed by atoms with Crippen LogP contribution in [0.2, 0.25) is 0 Å². The van der Waals surface area contributed by atoms with E-state index in [2.05, 4.69) is 22.7 Å². The van der Waals surface area contributed by atoms with Crippen LogP contribution in [0.3, 0.4) is 0 Å². The Morgan fingerprint density at radius 2 is 2.00 bits per heavy atom. The summed E-state index contributed by atoms with van der Waals surface area (Å²) in [6, 6.07) is 9.95. The van der Waals surface area contributed by atoms with Crippen LogP contribution in [0.15, 0.2) is 30.3 Å². The van der Waals surface area contributed by atoms with Crippen molar-refractivity contribution in [2.24, 2.45) is 0 Å². The third kappa shape index (κ3) is 3.49. The van der Waals surface area contributed by atoms with E-state index in [1.165, 1.54) is 5.56 Å². The molecule has 1 atom stereocenters. The number of benzene rings is 1. The van der Waals surface area contributed by atoms with Crippen molar-refractivity contribution in [2.75, 3.05) is 12.4 Å². The smallest absolute Gasteiger partial charge is 0.273 e. The van der Waals surface area contributed by atoms with Crippen molar-refractivity contribution in [1.29, 1.82) is 0 Å². The molecule has 0 aliphatic carbocycles. The maximum atomic E-state index is 12.3. The van der Waals surface area contributed by atoms with Gasteiger partial charge in [0, 0.05) is 18.3 Å². The van der Waals surface area contributed by atoms with Crippen LogP contribution in [0.5, 0.6) is 0 Å². The quantitative estimate of drug-likeness (QED) is 0.888. The van der Waals surface area contributed by atoms with Crippen molar-refractivity contribution in [3.05, 3.63) is 47.3 Å². The van der Waals surface area contributed by atoms with Gasteiger partial charge >= 0.3 is 0 Å². The number of nitrogens with one attached hydrogen (secondary N) is 2. The molecule has 112 valence electrons. The van der Waals surface area contributed by atoms with E-state index in [0.29, 0.717) is 18.3 Å². The van der Waals surface area contributed by atoms with Crippen molar-refractivity contribution >= 4 is 11.6 Å². The Kier molecular flexibility index (Phi) is 4.75. The molecule has 1 amide bonds. The summed E-state index contributed by atoms with van der Waals surface area (Å²) in [4.78, 5) is 12.3. The summed E-state index contributed by atoms with van der Waals surface area (Å²) in [5, 5.41) is 10.4. The molecule has 21 heavy (non-hydrogen) atoms. The summed E-state index contributed by atoms with van der Waals surface area (Å²) in [6.45, 7) is 6.62. The Labute approximate surface area is 125 Å². The third-order valence-electron chi connectivity index (χ3n) is 3.54. The van der Waals surface area contributed by atoms with E-state index < -0.39 is 0 Å². The van der Waals surface area contributed by atoms with Gasteiger partial charge in [0.15, 0.2) is 0 Å². The zero-order valence-corrected chi connectivity index (χ0v) is 13.0. The number of anilines is 1. The molecule has 0 aliphatic heterocycles. The summed E-state index contributed by atoms with van der Waals surface area (Å²) >= 11 is 0. The van der Waals surface area contributed by atoms with Gasteiger partial charge in [0.25, 0.3) is 5.91 Å². The maximum absolute atomic E-state index is 12.3. The first-order valence-electron chi connectivity index (χ1n) is 7.18. The lowest BCUT2D eigenvalue weighted by Gasteiger charge is -2.12. The number of rotatable bonds is 5. The summed E-state index contributed by atoms with van der Waals surface area (Å²) in [5.41, 5.74) is 3.40. The minimum absolute atomic E-state index is 0.133. The highest BCUT2D eigenvalue weighted by atomic mass is 16.2. The minimum Gasteiger partial charge on any atom is -0.321 e. The zero-order chi connectivity index (χ0) is 15.4. The van der Waals surface area contributed by atoms with Gasteiger partial charge in [0.05, 0.1) is 5.69 Å². The minimum atomic E-state index is -0.133. The van der Waals surface area contributed by atoms with Gasteiger partial charge in [0.1, 0.15) is 5.69 Å². The van der Waals surface area contributed by atoms with Crippen LogP contribution in [0.1, 0.15) is 41.6 Å². The van der Waals surface area contributed by atoms with Gasteiger partial charge in [-0.15, -0.1) is 0 Å². The SMILES string of the molecule is CCn1nc(C)cc1C(=O)Nc1ccc(C(C)NC)cc1. The molecule has 2 rings (SSSR count). The number of hydrogen-bond donors (Lipinski definition) is 2. The topological polar surface area (TPSA) is 59.0 Å². The van der Waals surface area contributed by atoms with Crippen molar-refractivity contribution in [3.8, 4) is 0 Å². The van der Waals surface area contributed by atoms with Gasteiger partial charge in [-0.2, -0.15) is 5.10 Å². The Morgan fingerprint density at radius 3 is 2.57 bits per heavy atom. The highest BCUT2D eigenvalue weighted by Crippen LogP contribution is 2.16. The number of aromatic nitrogens is 2. The Balaban J connectivity index is 2.12. The molecule has 1 aromatic heterocycles. The van der Waals surface area contributed by atoms with E-state index in [9.17, 15) is 4.79 Å². The van der Waals surface area contributed by atoms with Crippen molar-refractivity contribution < 1.29 is 4.79 Å². The first kappa shape index (κ1) is 15.3.